The van der Waals surface area contributed by atoms with Gasteiger partial charge in [0, 0.05) is 23.6 Å². The molecule has 2 aromatic heterocycles. The van der Waals surface area contributed by atoms with Gasteiger partial charge in [-0.3, -0.25) is 15.1 Å². The molecule has 0 aliphatic heterocycles. The fourth-order valence-electron chi connectivity index (χ4n) is 3.86. The number of amides is 2. The second-order valence-corrected chi connectivity index (χ2v) is 9.24. The van der Waals surface area contributed by atoms with Crippen molar-refractivity contribution in [3.63, 3.8) is 0 Å². The van der Waals surface area contributed by atoms with E-state index in [1.54, 1.807) is 32.4 Å². The van der Waals surface area contributed by atoms with Crippen LogP contribution >= 0.6 is 0 Å². The number of aromatic amines is 1. The monoisotopic (exact) mass is 466 g/mol. The second-order valence-electron chi connectivity index (χ2n) is 9.24. The number of H-pyrrole nitrogens is 1. The summed E-state index contributed by atoms with van der Waals surface area (Å²) in [6.07, 6.45) is 2.40. The van der Waals surface area contributed by atoms with E-state index in [1.165, 1.54) is 4.68 Å². The number of aryl methyl sites for hydroxylation is 1. The molecule has 0 radical (unpaired) electrons. The smallest absolute Gasteiger partial charge is 0.320 e. The highest BCUT2D eigenvalue weighted by atomic mass is 16.5. The maximum Gasteiger partial charge on any atom is 0.320 e. The van der Waals surface area contributed by atoms with E-state index in [0.29, 0.717) is 17.3 Å². The molecule has 0 atom stereocenters. The molecule has 1 aliphatic carbocycles. The van der Waals surface area contributed by atoms with Crippen molar-refractivity contribution in [1.82, 2.24) is 25.1 Å². The summed E-state index contributed by atoms with van der Waals surface area (Å²) in [5, 5.41) is 10.3. The van der Waals surface area contributed by atoms with E-state index in [0.717, 1.165) is 41.8 Å². The molecule has 0 fully saturated rings. The number of carbonyl (C=O) groups excluding carboxylic acids is 1. The average Bonchev–Trinajstić information content (AvgIpc) is 3.44. The third-order valence-electron chi connectivity index (χ3n) is 5.75. The summed E-state index contributed by atoms with van der Waals surface area (Å²) in [4.78, 5) is 32.7. The maximum atomic E-state index is 12.7. The highest BCUT2D eigenvalue weighted by Gasteiger charge is 2.24. The van der Waals surface area contributed by atoms with Crippen LogP contribution in [0.2, 0.25) is 0 Å². The van der Waals surface area contributed by atoms with Gasteiger partial charge in [0.2, 0.25) is 5.95 Å². The third kappa shape index (κ3) is 4.75. The van der Waals surface area contributed by atoms with Crippen LogP contribution in [0.15, 0.2) is 29.1 Å². The molecule has 3 aromatic rings. The zero-order valence-corrected chi connectivity index (χ0v) is 20.1. The summed E-state index contributed by atoms with van der Waals surface area (Å²) in [5.74, 6) is 1.90. The van der Waals surface area contributed by atoms with E-state index in [2.05, 4.69) is 25.7 Å². The van der Waals surface area contributed by atoms with Crippen LogP contribution in [-0.2, 0) is 24.8 Å². The average molecular weight is 467 g/mol. The summed E-state index contributed by atoms with van der Waals surface area (Å²) >= 11 is 0. The van der Waals surface area contributed by atoms with Gasteiger partial charge in [0.15, 0.2) is 11.5 Å². The van der Waals surface area contributed by atoms with E-state index in [9.17, 15) is 9.59 Å². The topological polar surface area (TPSA) is 123 Å². The minimum absolute atomic E-state index is 0.158. The number of nitrogens with one attached hydrogen (secondary N) is 3. The molecule has 1 aliphatic rings. The molecular weight excluding hydrogens is 436 g/mol. The Hall–Kier alpha value is -3.82. The highest BCUT2D eigenvalue weighted by Crippen LogP contribution is 2.28. The normalized spacial score (nSPS) is 12.9. The molecule has 180 valence electrons. The third-order valence-corrected chi connectivity index (χ3v) is 5.75. The lowest BCUT2D eigenvalue weighted by Crippen LogP contribution is -2.29. The van der Waals surface area contributed by atoms with Gasteiger partial charge < -0.3 is 14.8 Å². The Kier molecular flexibility index (Phi) is 6.32. The van der Waals surface area contributed by atoms with Crippen LogP contribution in [0.25, 0.3) is 5.95 Å². The van der Waals surface area contributed by atoms with Crippen LogP contribution < -0.4 is 25.7 Å². The lowest BCUT2D eigenvalue weighted by Gasteiger charge is -2.14. The number of urea groups is 1. The van der Waals surface area contributed by atoms with Gasteiger partial charge in [0.1, 0.15) is 5.82 Å². The largest absolute Gasteiger partial charge is 0.493 e. The van der Waals surface area contributed by atoms with Gasteiger partial charge in [0.25, 0.3) is 5.56 Å². The van der Waals surface area contributed by atoms with E-state index in [1.807, 2.05) is 26.8 Å². The first-order valence-electron chi connectivity index (χ1n) is 11.2. The standard InChI is InChI=1S/C24H30N6O4/c1-24(2,3)19-12-20(30(29-19)22-26-16-8-6-7-15(16)21(31)28-22)27-23(32)25-13-14-9-10-17(33-4)18(11-14)34-5/h9-12H,6-8,13H2,1-5H3,(H2,25,27,32)(H,26,28,31). The number of carbonyl (C=O) groups is 1. The van der Waals surface area contributed by atoms with Crippen LogP contribution in [-0.4, -0.2) is 40.0 Å². The molecule has 34 heavy (non-hydrogen) atoms. The van der Waals surface area contributed by atoms with E-state index in [-0.39, 0.29) is 23.5 Å². The first-order valence-corrected chi connectivity index (χ1v) is 11.2. The van der Waals surface area contributed by atoms with E-state index >= 15 is 0 Å². The fourth-order valence-corrected chi connectivity index (χ4v) is 3.86. The number of rotatable bonds is 6. The van der Waals surface area contributed by atoms with Gasteiger partial charge in [-0.15, -0.1) is 0 Å². The van der Waals surface area contributed by atoms with Gasteiger partial charge in [-0.25, -0.2) is 9.78 Å². The van der Waals surface area contributed by atoms with Gasteiger partial charge in [-0.1, -0.05) is 26.8 Å². The van der Waals surface area contributed by atoms with Crippen LogP contribution in [0.3, 0.4) is 0 Å². The molecule has 1 aromatic carbocycles. The Bertz CT molecular complexity index is 1270. The number of hydrogen-bond donors (Lipinski definition) is 3. The van der Waals surface area contributed by atoms with Crippen molar-refractivity contribution in [2.24, 2.45) is 0 Å². The Labute approximate surface area is 197 Å². The van der Waals surface area contributed by atoms with Gasteiger partial charge >= 0.3 is 6.03 Å². The lowest BCUT2D eigenvalue weighted by atomic mass is 9.92. The minimum atomic E-state index is -0.417. The Morgan fingerprint density at radius 3 is 2.62 bits per heavy atom. The molecular formula is C24H30N6O4. The van der Waals surface area contributed by atoms with E-state index < -0.39 is 6.03 Å². The minimum Gasteiger partial charge on any atom is -0.493 e. The predicted molar refractivity (Wildman–Crippen MR) is 128 cm³/mol. The number of nitrogens with zero attached hydrogens (tertiary/aromatic N) is 3. The van der Waals surface area contributed by atoms with Crippen LogP contribution in [0, 0.1) is 0 Å². The molecule has 4 rings (SSSR count). The summed E-state index contributed by atoms with van der Waals surface area (Å²) in [5.41, 5.74) is 2.69. The Balaban J connectivity index is 1.57. The van der Waals surface area contributed by atoms with E-state index in [4.69, 9.17) is 9.47 Å². The summed E-state index contributed by atoms with van der Waals surface area (Å²) in [6.45, 7) is 6.36. The lowest BCUT2D eigenvalue weighted by molar-refractivity contribution is 0.251. The number of hydrogen-bond acceptors (Lipinski definition) is 6. The first kappa shape index (κ1) is 23.3. The van der Waals surface area contributed by atoms with Crippen LogP contribution in [0.4, 0.5) is 10.6 Å². The molecule has 0 unspecified atom stereocenters. The molecule has 3 N–H and O–H groups in total. The maximum absolute atomic E-state index is 12.7. The van der Waals surface area contributed by atoms with Crippen molar-refractivity contribution >= 4 is 11.8 Å². The fraction of sp³-hybridized carbons (Fsp3) is 0.417. The zero-order valence-electron chi connectivity index (χ0n) is 20.1. The second kappa shape index (κ2) is 9.20. The van der Waals surface area contributed by atoms with Crippen molar-refractivity contribution in [2.75, 3.05) is 19.5 Å². The Morgan fingerprint density at radius 1 is 1.15 bits per heavy atom. The SMILES string of the molecule is COc1ccc(CNC(=O)Nc2cc(C(C)(C)C)nn2-c2nc3c(c(=O)[nH]2)CCC3)cc1OC. The molecule has 10 nitrogen and oxygen atoms in total. The molecule has 10 heteroatoms. The number of ether oxygens (including phenoxy) is 2. The number of benzene rings is 1. The number of methoxy groups -OCH3 is 2. The van der Waals surface area contributed by atoms with Crippen molar-refractivity contribution in [3.05, 3.63) is 57.1 Å². The molecule has 0 saturated heterocycles. The Morgan fingerprint density at radius 2 is 1.91 bits per heavy atom. The van der Waals surface area contributed by atoms with Crippen molar-refractivity contribution in [3.8, 4) is 17.4 Å². The van der Waals surface area contributed by atoms with Gasteiger partial charge in [0.05, 0.1) is 25.6 Å². The zero-order chi connectivity index (χ0) is 24.5. The van der Waals surface area contributed by atoms with Gasteiger partial charge in [-0.05, 0) is 37.0 Å². The molecule has 2 heterocycles. The quantitative estimate of drug-likeness (QED) is 0.513. The van der Waals surface area contributed by atoms with Crippen molar-refractivity contribution < 1.29 is 14.3 Å². The summed E-state index contributed by atoms with van der Waals surface area (Å²) < 4.78 is 12.1. The molecule has 0 bridgehead atoms. The predicted octanol–water partition coefficient (Wildman–Crippen LogP) is 3.08. The van der Waals surface area contributed by atoms with Crippen LogP contribution in [0.5, 0.6) is 11.5 Å². The first-order chi connectivity index (χ1) is 16.2. The summed E-state index contributed by atoms with van der Waals surface area (Å²) in [6, 6.07) is 6.82. The number of aromatic nitrogens is 4. The van der Waals surface area contributed by atoms with Crippen LogP contribution in [0.1, 0.15) is 49.7 Å². The highest BCUT2D eigenvalue weighted by molar-refractivity contribution is 5.88. The molecule has 2 amide bonds. The number of fused-ring (bicyclic) bond motifs is 1. The van der Waals surface area contributed by atoms with Crippen molar-refractivity contribution in [1.29, 1.82) is 0 Å². The van der Waals surface area contributed by atoms with Gasteiger partial charge in [-0.2, -0.15) is 9.78 Å². The molecule has 0 spiro atoms. The summed E-state index contributed by atoms with van der Waals surface area (Å²) in [7, 11) is 3.13. The number of anilines is 1. The molecule has 0 saturated carbocycles. The van der Waals surface area contributed by atoms with Crippen molar-refractivity contribution in [2.45, 2.75) is 52.0 Å².